The number of esters is 2. The third-order valence-corrected chi connectivity index (χ3v) is 3.94. The molecule has 0 aliphatic rings. The summed E-state index contributed by atoms with van der Waals surface area (Å²) in [6, 6.07) is 41.8. The highest BCUT2D eigenvalue weighted by Gasteiger charge is 2.04. The van der Waals surface area contributed by atoms with Crippen LogP contribution in [0.3, 0.4) is 0 Å². The predicted octanol–water partition coefficient (Wildman–Crippen LogP) is 7.71. The minimum Gasteiger partial charge on any atom is -0.423 e. The van der Waals surface area contributed by atoms with Crippen LogP contribution < -0.4 is 9.47 Å². The van der Waals surface area contributed by atoms with Gasteiger partial charge >= 0.3 is 11.9 Å². The van der Waals surface area contributed by atoms with E-state index in [1.807, 2.05) is 84.9 Å². The van der Waals surface area contributed by atoms with Crippen LogP contribution >= 0.6 is 0 Å². The maximum absolute atomic E-state index is 11.0. The fourth-order valence-electron chi connectivity index (χ4n) is 2.14. The molecule has 0 aromatic heterocycles. The average molecular weight is 481 g/mol. The fourth-order valence-corrected chi connectivity index (χ4v) is 2.14. The first kappa shape index (κ1) is 29.3. The zero-order valence-corrected chi connectivity index (χ0v) is 20.7. The van der Waals surface area contributed by atoms with Crippen LogP contribution in [0.4, 0.5) is 0 Å². The Morgan fingerprint density at radius 2 is 0.639 bits per heavy atom. The van der Waals surface area contributed by atoms with Crippen LogP contribution in [-0.2, 0) is 9.59 Å². The molecular weight excluding hydrogens is 448 g/mol. The lowest BCUT2D eigenvalue weighted by Gasteiger charge is -2.01. The van der Waals surface area contributed by atoms with E-state index in [0.29, 0.717) is 22.6 Å². The van der Waals surface area contributed by atoms with E-state index < -0.39 is 0 Å². The Morgan fingerprint density at radius 3 is 0.833 bits per heavy atom. The Bertz CT molecular complexity index is 992. The molecule has 0 N–H and O–H groups in total. The predicted molar refractivity (Wildman–Crippen MR) is 147 cm³/mol. The van der Waals surface area contributed by atoms with E-state index in [1.54, 1.807) is 62.4 Å². The van der Waals surface area contributed by atoms with Crippen molar-refractivity contribution >= 4 is 11.9 Å². The molecule has 0 saturated carbocycles. The summed E-state index contributed by atoms with van der Waals surface area (Å²) in [6.07, 6.45) is 0. The van der Waals surface area contributed by atoms with Crippen molar-refractivity contribution in [1.82, 2.24) is 0 Å². The van der Waals surface area contributed by atoms with Crippen LogP contribution in [-0.4, -0.2) is 11.9 Å². The van der Waals surface area contributed by atoms with Gasteiger partial charge in [-0.3, -0.25) is 0 Å². The molecule has 0 radical (unpaired) electrons. The van der Waals surface area contributed by atoms with Crippen molar-refractivity contribution in [3.05, 3.63) is 158 Å². The number of ether oxygens (including phenoxy) is 2. The molecule has 0 amide bonds. The molecule has 0 atom stereocenters. The van der Waals surface area contributed by atoms with Gasteiger partial charge in [0.15, 0.2) is 0 Å². The molecule has 0 bridgehead atoms. The second kappa shape index (κ2) is 18.7. The van der Waals surface area contributed by atoms with Crippen LogP contribution in [0, 0.1) is 0 Å². The summed E-state index contributed by atoms with van der Waals surface area (Å²) in [7, 11) is 0. The van der Waals surface area contributed by atoms with E-state index >= 15 is 0 Å². The smallest absolute Gasteiger partial charge is 0.338 e. The highest BCUT2D eigenvalue weighted by molar-refractivity contribution is 5.89. The molecule has 36 heavy (non-hydrogen) atoms. The van der Waals surface area contributed by atoms with Crippen molar-refractivity contribution in [2.45, 2.75) is 13.8 Å². The Labute approximate surface area is 214 Å². The first-order valence-electron chi connectivity index (χ1n) is 11.3. The molecule has 4 heteroatoms. The van der Waals surface area contributed by atoms with Crippen molar-refractivity contribution < 1.29 is 19.1 Å². The van der Waals surface area contributed by atoms with Crippen LogP contribution in [0.15, 0.2) is 158 Å². The first-order chi connectivity index (χ1) is 17.4. The molecule has 4 aromatic carbocycles. The zero-order valence-electron chi connectivity index (χ0n) is 20.7. The maximum Gasteiger partial charge on any atom is 0.338 e. The number of rotatable bonds is 4. The van der Waals surface area contributed by atoms with Gasteiger partial charge in [0.1, 0.15) is 11.5 Å². The van der Waals surface area contributed by atoms with Gasteiger partial charge in [-0.05, 0) is 38.1 Å². The Morgan fingerprint density at radius 1 is 0.444 bits per heavy atom. The molecule has 4 nitrogen and oxygen atoms in total. The lowest BCUT2D eigenvalue weighted by Crippen LogP contribution is -2.07. The molecule has 0 aliphatic heterocycles. The normalized spacial score (nSPS) is 8.72. The lowest BCUT2D eigenvalue weighted by atomic mass is 10.3. The number of para-hydroxylation sites is 2. The average Bonchev–Trinajstić information content (AvgIpc) is 2.93. The number of hydrogen-bond donors (Lipinski definition) is 0. The van der Waals surface area contributed by atoms with E-state index in [1.165, 1.54) is 0 Å². The molecule has 4 rings (SSSR count). The largest absolute Gasteiger partial charge is 0.423 e. The second-order valence-electron chi connectivity index (χ2n) is 7.28. The maximum atomic E-state index is 11.0. The summed E-state index contributed by atoms with van der Waals surface area (Å²) in [4.78, 5) is 22.0. The molecule has 4 aromatic rings. The van der Waals surface area contributed by atoms with E-state index in [-0.39, 0.29) is 11.9 Å². The number of hydrogen-bond acceptors (Lipinski definition) is 4. The molecular formula is C32H32O4. The first-order valence-corrected chi connectivity index (χ1v) is 11.3. The molecule has 0 heterocycles. The summed E-state index contributed by atoms with van der Waals surface area (Å²) in [5.41, 5.74) is 0.803. The number of benzene rings is 4. The van der Waals surface area contributed by atoms with Gasteiger partial charge in [0.25, 0.3) is 0 Å². The Hall–Kier alpha value is -4.70. The van der Waals surface area contributed by atoms with Crippen LogP contribution in [0.25, 0.3) is 0 Å². The van der Waals surface area contributed by atoms with Crippen LogP contribution in [0.2, 0.25) is 0 Å². The van der Waals surface area contributed by atoms with E-state index in [0.717, 1.165) is 0 Å². The third kappa shape index (κ3) is 15.2. The summed E-state index contributed by atoms with van der Waals surface area (Å²) in [5.74, 6) is 0.318. The van der Waals surface area contributed by atoms with Gasteiger partial charge in [0, 0.05) is 11.1 Å². The Balaban J connectivity index is 0.000000252. The zero-order chi connectivity index (χ0) is 26.4. The van der Waals surface area contributed by atoms with E-state index in [9.17, 15) is 9.59 Å². The van der Waals surface area contributed by atoms with Crippen molar-refractivity contribution in [3.8, 4) is 11.5 Å². The van der Waals surface area contributed by atoms with Gasteiger partial charge in [-0.25, -0.2) is 9.59 Å². The SMILES string of the molecule is C=C(C)C(=O)Oc1ccccc1.C=C(C)C(=O)Oc1ccccc1.c1ccccc1.c1ccccc1. The standard InChI is InChI=1S/2C10H10O2.2C6H6/c2*1-8(2)10(11)12-9-6-4-3-5-7-9;2*1-2-4-6-5-3-1/h2*3-7H,1H2,2H3;2*1-6H. The highest BCUT2D eigenvalue weighted by Crippen LogP contribution is 2.10. The van der Waals surface area contributed by atoms with Crippen LogP contribution in [0.5, 0.6) is 11.5 Å². The van der Waals surface area contributed by atoms with Crippen molar-refractivity contribution in [1.29, 1.82) is 0 Å². The third-order valence-electron chi connectivity index (χ3n) is 3.94. The van der Waals surface area contributed by atoms with E-state index in [2.05, 4.69) is 13.2 Å². The quantitative estimate of drug-likeness (QED) is 0.170. The van der Waals surface area contributed by atoms with Gasteiger partial charge in [-0.2, -0.15) is 0 Å². The fraction of sp³-hybridized carbons (Fsp3) is 0.0625. The minimum absolute atomic E-state index is 0.388. The van der Waals surface area contributed by atoms with E-state index in [4.69, 9.17) is 9.47 Å². The van der Waals surface area contributed by atoms with Crippen LogP contribution in [0.1, 0.15) is 13.8 Å². The van der Waals surface area contributed by atoms with Crippen molar-refractivity contribution in [2.24, 2.45) is 0 Å². The van der Waals surface area contributed by atoms with Crippen molar-refractivity contribution in [3.63, 3.8) is 0 Å². The topological polar surface area (TPSA) is 52.6 Å². The second-order valence-corrected chi connectivity index (χ2v) is 7.28. The molecule has 0 saturated heterocycles. The van der Waals surface area contributed by atoms with Gasteiger partial charge in [-0.1, -0.05) is 122 Å². The minimum atomic E-state index is -0.388. The number of carbonyl (C=O) groups excluding carboxylic acids is 2. The summed E-state index contributed by atoms with van der Waals surface area (Å²) in [6.45, 7) is 10.2. The highest BCUT2D eigenvalue weighted by atomic mass is 16.5. The Kier molecular flexibility index (Phi) is 15.2. The molecule has 0 fully saturated rings. The molecule has 184 valence electrons. The summed E-state index contributed by atoms with van der Waals surface area (Å²) < 4.78 is 9.87. The van der Waals surface area contributed by atoms with Gasteiger partial charge in [-0.15, -0.1) is 0 Å². The molecule has 0 unspecified atom stereocenters. The van der Waals surface area contributed by atoms with Crippen molar-refractivity contribution in [2.75, 3.05) is 0 Å². The van der Waals surface area contributed by atoms with Gasteiger partial charge in [0.05, 0.1) is 0 Å². The number of carbonyl (C=O) groups is 2. The van der Waals surface area contributed by atoms with Gasteiger partial charge < -0.3 is 9.47 Å². The molecule has 0 spiro atoms. The molecule has 0 aliphatic carbocycles. The lowest BCUT2D eigenvalue weighted by molar-refractivity contribution is -0.130. The summed E-state index contributed by atoms with van der Waals surface area (Å²) >= 11 is 0. The monoisotopic (exact) mass is 480 g/mol. The van der Waals surface area contributed by atoms with Gasteiger partial charge in [0.2, 0.25) is 0 Å². The summed E-state index contributed by atoms with van der Waals surface area (Å²) in [5, 5.41) is 0.